The quantitative estimate of drug-likeness (QED) is 0.427. The minimum absolute atomic E-state index is 0.0839. The summed E-state index contributed by atoms with van der Waals surface area (Å²) in [6, 6.07) is 5.60. The zero-order valence-corrected chi connectivity index (χ0v) is 13.9. The van der Waals surface area contributed by atoms with Crippen molar-refractivity contribution in [1.82, 2.24) is 9.97 Å². The molecule has 1 aromatic carbocycles. The van der Waals surface area contributed by atoms with Crippen molar-refractivity contribution in [2.75, 3.05) is 0 Å². The van der Waals surface area contributed by atoms with Crippen molar-refractivity contribution in [3.63, 3.8) is 0 Å². The van der Waals surface area contributed by atoms with Gasteiger partial charge in [0.05, 0.1) is 5.69 Å². The molecule has 148 valence electrons. The first kappa shape index (κ1) is 19.0. The number of aromatic nitrogens is 2. The van der Waals surface area contributed by atoms with E-state index in [2.05, 4.69) is 9.97 Å². The van der Waals surface area contributed by atoms with E-state index in [1.807, 2.05) is 0 Å². The highest BCUT2D eigenvalue weighted by Crippen LogP contribution is 2.43. The van der Waals surface area contributed by atoms with Crippen molar-refractivity contribution >= 4 is 5.57 Å². The second-order valence-electron chi connectivity index (χ2n) is 6.07. The van der Waals surface area contributed by atoms with Gasteiger partial charge in [0.1, 0.15) is 5.69 Å². The summed E-state index contributed by atoms with van der Waals surface area (Å²) < 4.78 is 109. The molecule has 10 heteroatoms. The van der Waals surface area contributed by atoms with Crippen molar-refractivity contribution in [2.24, 2.45) is 0 Å². The predicted molar refractivity (Wildman–Crippen MR) is 83.5 cm³/mol. The lowest BCUT2D eigenvalue weighted by molar-refractivity contribution is 0.382. The Balaban J connectivity index is 1.98. The molecule has 3 aromatic rings. The molecular formula is C19H6F8N2. The van der Waals surface area contributed by atoms with Gasteiger partial charge in [-0.05, 0) is 11.1 Å². The number of benzene rings is 1. The van der Waals surface area contributed by atoms with E-state index < -0.39 is 64.1 Å². The van der Waals surface area contributed by atoms with Crippen LogP contribution in [0, 0.1) is 46.8 Å². The molecule has 2 heterocycles. The van der Waals surface area contributed by atoms with Crippen LogP contribution in [0.15, 0.2) is 30.3 Å². The van der Waals surface area contributed by atoms with Gasteiger partial charge < -0.3 is 0 Å². The highest BCUT2D eigenvalue weighted by molar-refractivity contribution is 5.85. The van der Waals surface area contributed by atoms with Crippen molar-refractivity contribution in [1.29, 1.82) is 0 Å². The average molecular weight is 414 g/mol. The number of halogens is 8. The van der Waals surface area contributed by atoms with E-state index >= 15 is 0 Å². The zero-order valence-electron chi connectivity index (χ0n) is 13.9. The standard InChI is InChI=1S/C19H6F8N2/c20-10-12(22)16(28-18(26)14(10)24)8-5-9(7-4-2-1-3-6(7)8)17-13(23)11(21)15(25)19(27)29-17/h1-5,8H. The molecule has 2 nitrogen and oxygen atoms in total. The van der Waals surface area contributed by atoms with E-state index in [4.69, 9.17) is 0 Å². The third-order valence-corrected chi connectivity index (χ3v) is 4.46. The van der Waals surface area contributed by atoms with Crippen LogP contribution in [0.1, 0.15) is 28.4 Å². The molecule has 0 spiro atoms. The van der Waals surface area contributed by atoms with Gasteiger partial charge in [0.2, 0.25) is 23.3 Å². The molecule has 4 rings (SSSR count). The molecule has 1 aliphatic carbocycles. The first-order chi connectivity index (χ1) is 13.7. The SMILES string of the molecule is Fc1nc(C2=CC(c3nc(F)c(F)c(F)c3F)c3ccccc32)c(F)c(F)c1F. The Bertz CT molecular complexity index is 1210. The first-order valence-corrected chi connectivity index (χ1v) is 7.93. The van der Waals surface area contributed by atoms with Crippen molar-refractivity contribution in [3.05, 3.63) is 99.7 Å². The number of hydrogen-bond acceptors (Lipinski definition) is 2. The Kier molecular flexibility index (Phi) is 4.36. The number of fused-ring (bicyclic) bond motifs is 1. The van der Waals surface area contributed by atoms with Gasteiger partial charge in [0.15, 0.2) is 11.6 Å². The van der Waals surface area contributed by atoms with Crippen molar-refractivity contribution < 1.29 is 35.1 Å². The number of hydrogen-bond donors (Lipinski definition) is 0. The van der Waals surface area contributed by atoms with Gasteiger partial charge in [0.25, 0.3) is 11.9 Å². The molecule has 0 saturated heterocycles. The second-order valence-corrected chi connectivity index (χ2v) is 6.07. The van der Waals surface area contributed by atoms with E-state index in [9.17, 15) is 35.1 Å². The van der Waals surface area contributed by atoms with Crippen molar-refractivity contribution in [3.8, 4) is 0 Å². The van der Waals surface area contributed by atoms with Crippen LogP contribution in [-0.4, -0.2) is 9.97 Å². The number of rotatable bonds is 2. The third-order valence-electron chi connectivity index (χ3n) is 4.46. The first-order valence-electron chi connectivity index (χ1n) is 7.93. The number of pyridine rings is 2. The van der Waals surface area contributed by atoms with Gasteiger partial charge in [-0.1, -0.05) is 30.3 Å². The Labute approximate surface area is 157 Å². The molecule has 0 fully saturated rings. The van der Waals surface area contributed by atoms with Crippen LogP contribution in [0.4, 0.5) is 35.1 Å². The molecule has 0 radical (unpaired) electrons. The fourth-order valence-corrected chi connectivity index (χ4v) is 3.17. The summed E-state index contributed by atoms with van der Waals surface area (Å²) >= 11 is 0. The summed E-state index contributed by atoms with van der Waals surface area (Å²) in [6.07, 6.45) is 0.995. The maximum Gasteiger partial charge on any atom is 0.252 e. The maximum absolute atomic E-state index is 14.2. The van der Waals surface area contributed by atoms with Crippen LogP contribution in [0.25, 0.3) is 5.57 Å². The van der Waals surface area contributed by atoms with Crippen LogP contribution in [-0.2, 0) is 0 Å². The van der Waals surface area contributed by atoms with Crippen LogP contribution in [0.5, 0.6) is 0 Å². The van der Waals surface area contributed by atoms with Crippen molar-refractivity contribution in [2.45, 2.75) is 5.92 Å². The number of allylic oxidation sites excluding steroid dienone is 1. The zero-order chi connectivity index (χ0) is 21.0. The summed E-state index contributed by atoms with van der Waals surface area (Å²) in [5, 5.41) is 0. The fourth-order valence-electron chi connectivity index (χ4n) is 3.17. The molecule has 29 heavy (non-hydrogen) atoms. The summed E-state index contributed by atoms with van der Waals surface area (Å²) in [5.74, 6) is -17.2. The van der Waals surface area contributed by atoms with Gasteiger partial charge >= 0.3 is 0 Å². The van der Waals surface area contributed by atoms with E-state index in [0.717, 1.165) is 6.08 Å². The van der Waals surface area contributed by atoms with E-state index in [0.29, 0.717) is 0 Å². The minimum atomic E-state index is -2.12. The predicted octanol–water partition coefficient (Wildman–Crippen LogP) is 5.17. The smallest absolute Gasteiger partial charge is 0.218 e. The largest absolute Gasteiger partial charge is 0.252 e. The van der Waals surface area contributed by atoms with Gasteiger partial charge in [0, 0.05) is 11.5 Å². The summed E-state index contributed by atoms with van der Waals surface area (Å²) in [4.78, 5) is 6.16. The fraction of sp³-hybridized carbons (Fsp3) is 0.0526. The number of nitrogens with zero attached hydrogens (tertiary/aromatic N) is 2. The molecular weight excluding hydrogens is 408 g/mol. The molecule has 0 amide bonds. The highest BCUT2D eigenvalue weighted by atomic mass is 19.2. The van der Waals surface area contributed by atoms with Gasteiger partial charge in [-0.25, -0.2) is 27.5 Å². The van der Waals surface area contributed by atoms with Crippen LogP contribution < -0.4 is 0 Å². The Hall–Kier alpha value is -3.30. The van der Waals surface area contributed by atoms with E-state index in [-0.39, 0.29) is 16.7 Å². The van der Waals surface area contributed by atoms with Gasteiger partial charge in [-0.2, -0.15) is 17.6 Å². The normalized spacial score (nSPS) is 15.4. The lowest BCUT2D eigenvalue weighted by atomic mass is 9.96. The van der Waals surface area contributed by atoms with Crippen LogP contribution >= 0.6 is 0 Å². The second kappa shape index (κ2) is 6.64. The van der Waals surface area contributed by atoms with Gasteiger partial charge in [-0.15, -0.1) is 0 Å². The molecule has 0 bridgehead atoms. The Morgan fingerprint density at radius 1 is 0.621 bits per heavy atom. The lowest BCUT2D eigenvalue weighted by Crippen LogP contribution is -2.09. The van der Waals surface area contributed by atoms with E-state index in [1.54, 1.807) is 0 Å². The monoisotopic (exact) mass is 414 g/mol. The topological polar surface area (TPSA) is 25.8 Å². The van der Waals surface area contributed by atoms with Gasteiger partial charge in [-0.3, -0.25) is 0 Å². The average Bonchev–Trinajstić information content (AvgIpc) is 3.09. The lowest BCUT2D eigenvalue weighted by Gasteiger charge is -2.12. The molecule has 0 N–H and O–H groups in total. The van der Waals surface area contributed by atoms with Crippen LogP contribution in [0.2, 0.25) is 0 Å². The Morgan fingerprint density at radius 2 is 1.21 bits per heavy atom. The summed E-state index contributed by atoms with van der Waals surface area (Å²) in [7, 11) is 0. The third kappa shape index (κ3) is 2.78. The van der Waals surface area contributed by atoms with Crippen LogP contribution in [0.3, 0.4) is 0 Å². The molecule has 0 saturated carbocycles. The minimum Gasteiger partial charge on any atom is -0.218 e. The summed E-state index contributed by atoms with van der Waals surface area (Å²) in [5.41, 5.74) is -1.87. The Morgan fingerprint density at radius 3 is 1.90 bits per heavy atom. The molecule has 0 aliphatic heterocycles. The molecule has 1 atom stereocenters. The summed E-state index contributed by atoms with van der Waals surface area (Å²) in [6.45, 7) is 0. The maximum atomic E-state index is 14.2. The highest BCUT2D eigenvalue weighted by Gasteiger charge is 2.34. The van der Waals surface area contributed by atoms with E-state index in [1.165, 1.54) is 24.3 Å². The molecule has 2 aromatic heterocycles. The molecule has 1 aliphatic rings. The molecule has 1 unspecified atom stereocenters.